The van der Waals surface area contributed by atoms with Crippen LogP contribution in [-0.2, 0) is 16.1 Å². The fourth-order valence-corrected chi connectivity index (χ4v) is 3.21. The molecule has 2 aromatic carbocycles. The molecule has 2 aromatic rings. The average molecular weight is 344 g/mol. The maximum atomic E-state index is 13.6. The monoisotopic (exact) mass is 344 g/mol. The van der Waals surface area contributed by atoms with E-state index in [4.69, 9.17) is 0 Å². The Morgan fingerprint density at radius 1 is 1.21 bits per heavy atom. The van der Waals surface area contributed by atoms with Crippen molar-refractivity contribution in [1.29, 1.82) is 0 Å². The molecule has 0 saturated heterocycles. The second-order valence-corrected chi connectivity index (χ2v) is 6.58. The van der Waals surface area contributed by atoms with E-state index in [0.29, 0.717) is 13.1 Å². The normalized spacial score (nSPS) is 13.3. The van der Waals surface area contributed by atoms with Crippen LogP contribution in [0.15, 0.2) is 54.6 Å². The number of carbonyl (C=O) groups is 1. The van der Waals surface area contributed by atoms with Crippen LogP contribution < -0.4 is 0 Å². The highest BCUT2D eigenvalue weighted by Crippen LogP contribution is 2.27. The zero-order chi connectivity index (χ0) is 17.2. The Morgan fingerprint density at radius 3 is 2.62 bits per heavy atom. The van der Waals surface area contributed by atoms with Gasteiger partial charge < -0.3 is 4.74 Å². The zero-order valence-corrected chi connectivity index (χ0v) is 14.5. The van der Waals surface area contributed by atoms with Gasteiger partial charge in [-0.1, -0.05) is 48.5 Å². The van der Waals surface area contributed by atoms with Crippen LogP contribution in [0.25, 0.3) is 5.57 Å². The molecule has 0 fully saturated rings. The number of rotatable bonds is 4. The summed E-state index contributed by atoms with van der Waals surface area (Å²) < 4.78 is 18.1. The van der Waals surface area contributed by atoms with Crippen LogP contribution in [-0.4, -0.2) is 18.0 Å². The molecule has 24 heavy (non-hydrogen) atoms. The van der Waals surface area contributed by atoms with E-state index >= 15 is 0 Å². The molecule has 126 valence electrons. The maximum Gasteiger partial charge on any atom is 0.293 e. The van der Waals surface area contributed by atoms with E-state index in [0.717, 1.165) is 34.6 Å². The highest BCUT2D eigenvalue weighted by atomic mass is 32.2. The van der Waals surface area contributed by atoms with Crippen LogP contribution >= 0.6 is 11.8 Å². The fraction of sp³-hybridized carbons (Fsp3) is 0.250. The summed E-state index contributed by atoms with van der Waals surface area (Å²) in [6.45, 7) is 2.73. The third-order valence-corrected chi connectivity index (χ3v) is 4.49. The fourth-order valence-electron chi connectivity index (χ4n) is 2.36. The molecular formula is C20H21FO2S. The molecule has 2 nitrogen and oxygen atoms in total. The number of hydrogen-bond acceptors (Lipinski definition) is 3. The van der Waals surface area contributed by atoms with Gasteiger partial charge in [-0.15, -0.1) is 0 Å². The molecule has 1 aliphatic rings. The van der Waals surface area contributed by atoms with Gasteiger partial charge in [0, 0.05) is 11.3 Å². The van der Waals surface area contributed by atoms with Crippen molar-refractivity contribution in [3.8, 4) is 0 Å². The molecule has 0 amide bonds. The van der Waals surface area contributed by atoms with Gasteiger partial charge in [0.25, 0.3) is 6.47 Å². The number of hydrogen-bond donors (Lipinski definition) is 0. The van der Waals surface area contributed by atoms with E-state index in [1.807, 2.05) is 61.2 Å². The molecule has 1 aliphatic heterocycles. The standard InChI is InChI=1S/C12H13FS.C8H8O2/c1-9-2-3-11(12(13)8-9)10-4-6-14-7-5-10;9-7-10-6-8-4-2-1-3-5-8/h2-4,8H,5-7H2,1H3;1-5,7H,6H2. The van der Waals surface area contributed by atoms with E-state index in [1.54, 1.807) is 6.07 Å². The summed E-state index contributed by atoms with van der Waals surface area (Å²) in [5.41, 5.74) is 3.95. The summed E-state index contributed by atoms with van der Waals surface area (Å²) in [6.07, 6.45) is 3.13. The van der Waals surface area contributed by atoms with Gasteiger partial charge in [0.1, 0.15) is 12.4 Å². The van der Waals surface area contributed by atoms with Crippen LogP contribution in [0.4, 0.5) is 4.39 Å². The van der Waals surface area contributed by atoms with Gasteiger partial charge in [-0.25, -0.2) is 4.39 Å². The van der Waals surface area contributed by atoms with E-state index in [-0.39, 0.29) is 5.82 Å². The van der Waals surface area contributed by atoms with Gasteiger partial charge in [0.05, 0.1) is 0 Å². The number of carbonyl (C=O) groups excluding carboxylic acids is 1. The first-order chi connectivity index (χ1) is 11.7. The molecule has 0 radical (unpaired) electrons. The van der Waals surface area contributed by atoms with Gasteiger partial charge in [-0.2, -0.15) is 11.8 Å². The summed E-state index contributed by atoms with van der Waals surface area (Å²) >= 11 is 1.90. The molecule has 0 bridgehead atoms. The molecule has 0 atom stereocenters. The van der Waals surface area contributed by atoms with E-state index < -0.39 is 0 Å². The molecule has 0 aromatic heterocycles. The van der Waals surface area contributed by atoms with Crippen molar-refractivity contribution in [2.45, 2.75) is 20.0 Å². The average Bonchev–Trinajstić information content (AvgIpc) is 2.62. The SMILES string of the molecule is Cc1ccc(C2=CCSCC2)c(F)c1.O=COCc1ccccc1. The Bertz CT molecular complexity index is 683. The first kappa shape index (κ1) is 18.3. The van der Waals surface area contributed by atoms with Crippen LogP contribution in [0.1, 0.15) is 23.1 Å². The van der Waals surface area contributed by atoms with Crippen molar-refractivity contribution in [2.24, 2.45) is 0 Å². The minimum absolute atomic E-state index is 0.0804. The number of halogens is 1. The van der Waals surface area contributed by atoms with E-state index in [2.05, 4.69) is 10.8 Å². The third kappa shape index (κ3) is 5.85. The summed E-state index contributed by atoms with van der Waals surface area (Å²) in [7, 11) is 0. The van der Waals surface area contributed by atoms with Gasteiger partial charge >= 0.3 is 0 Å². The highest BCUT2D eigenvalue weighted by molar-refractivity contribution is 7.99. The van der Waals surface area contributed by atoms with Gasteiger partial charge in [-0.05, 0) is 41.9 Å². The van der Waals surface area contributed by atoms with Crippen LogP contribution in [0, 0.1) is 12.7 Å². The second-order valence-electron chi connectivity index (χ2n) is 5.43. The molecule has 0 spiro atoms. The lowest BCUT2D eigenvalue weighted by atomic mass is 10.0. The Balaban J connectivity index is 0.000000185. The van der Waals surface area contributed by atoms with E-state index in [1.165, 1.54) is 5.57 Å². The zero-order valence-electron chi connectivity index (χ0n) is 13.7. The topological polar surface area (TPSA) is 26.3 Å². The van der Waals surface area contributed by atoms with E-state index in [9.17, 15) is 9.18 Å². The molecule has 1 heterocycles. The van der Waals surface area contributed by atoms with Crippen molar-refractivity contribution in [2.75, 3.05) is 11.5 Å². The number of thioether (sulfide) groups is 1. The summed E-state index contributed by atoms with van der Waals surface area (Å²) in [5.74, 6) is 2.05. The Morgan fingerprint density at radius 2 is 2.00 bits per heavy atom. The van der Waals surface area contributed by atoms with Gasteiger partial charge in [0.2, 0.25) is 0 Å². The number of allylic oxidation sites excluding steroid dienone is 1. The molecular weight excluding hydrogens is 323 g/mol. The minimum Gasteiger partial charge on any atom is -0.463 e. The van der Waals surface area contributed by atoms with Crippen molar-refractivity contribution in [1.82, 2.24) is 0 Å². The number of aryl methyl sites for hydroxylation is 1. The van der Waals surface area contributed by atoms with Crippen LogP contribution in [0.2, 0.25) is 0 Å². The first-order valence-electron chi connectivity index (χ1n) is 7.83. The largest absolute Gasteiger partial charge is 0.463 e. The highest BCUT2D eigenvalue weighted by Gasteiger charge is 2.10. The lowest BCUT2D eigenvalue weighted by Crippen LogP contribution is -1.98. The maximum absolute atomic E-state index is 13.6. The molecule has 0 saturated carbocycles. The quantitative estimate of drug-likeness (QED) is 0.729. The molecule has 0 unspecified atom stereocenters. The molecule has 0 aliphatic carbocycles. The summed E-state index contributed by atoms with van der Waals surface area (Å²) in [4.78, 5) is 9.76. The van der Waals surface area contributed by atoms with Crippen molar-refractivity contribution >= 4 is 23.8 Å². The van der Waals surface area contributed by atoms with Crippen LogP contribution in [0.3, 0.4) is 0 Å². The summed E-state index contributed by atoms with van der Waals surface area (Å²) in [5, 5.41) is 0. The molecule has 4 heteroatoms. The Hall–Kier alpha value is -2.07. The minimum atomic E-state index is -0.0804. The Labute approximate surface area is 146 Å². The van der Waals surface area contributed by atoms with Gasteiger partial charge in [0.15, 0.2) is 0 Å². The predicted octanol–water partition coefficient (Wildman–Crippen LogP) is 5.01. The first-order valence-corrected chi connectivity index (χ1v) is 8.98. The third-order valence-electron chi connectivity index (χ3n) is 3.59. The predicted molar refractivity (Wildman–Crippen MR) is 98.4 cm³/mol. The van der Waals surface area contributed by atoms with Crippen molar-refractivity contribution < 1.29 is 13.9 Å². The molecule has 3 rings (SSSR count). The Kier molecular flexibility index (Phi) is 7.56. The lowest BCUT2D eigenvalue weighted by molar-refractivity contribution is -0.129. The smallest absolute Gasteiger partial charge is 0.293 e. The second kappa shape index (κ2) is 9.93. The number of ether oxygens (including phenoxy) is 1. The van der Waals surface area contributed by atoms with Crippen molar-refractivity contribution in [3.05, 3.63) is 77.1 Å². The number of benzene rings is 2. The van der Waals surface area contributed by atoms with Gasteiger partial charge in [-0.3, -0.25) is 4.79 Å². The molecule has 0 N–H and O–H groups in total. The lowest BCUT2D eigenvalue weighted by Gasteiger charge is -2.13. The van der Waals surface area contributed by atoms with Crippen LogP contribution in [0.5, 0.6) is 0 Å². The van der Waals surface area contributed by atoms with Crippen molar-refractivity contribution in [3.63, 3.8) is 0 Å². The summed E-state index contributed by atoms with van der Waals surface area (Å²) in [6, 6.07) is 15.0.